The van der Waals surface area contributed by atoms with Crippen LogP contribution in [0.25, 0.3) is 0 Å². The number of halogens is 3. The molecule has 1 aliphatic heterocycles. The Bertz CT molecular complexity index is 1200. The minimum absolute atomic E-state index is 0.0513. The van der Waals surface area contributed by atoms with Crippen molar-refractivity contribution in [2.75, 3.05) is 0 Å². The summed E-state index contributed by atoms with van der Waals surface area (Å²) >= 11 is 12.4. The number of ether oxygens (including phenoxy) is 2. The molecule has 0 fully saturated rings. The van der Waals surface area contributed by atoms with E-state index in [2.05, 4.69) is 16.3 Å². The molecule has 1 atom stereocenters. The van der Waals surface area contributed by atoms with E-state index in [0.29, 0.717) is 27.6 Å². The zero-order valence-corrected chi connectivity index (χ0v) is 17.2. The number of benzene rings is 2. The molecule has 4 rings (SSSR count). The summed E-state index contributed by atoms with van der Waals surface area (Å²) < 4.78 is 25.6. The van der Waals surface area contributed by atoms with Crippen molar-refractivity contribution in [1.82, 2.24) is 10.2 Å². The number of allylic oxidation sites excluding steroid dienone is 1. The SMILES string of the molecule is Cc1[nH]nc2c1[C@H](c1cc(Cl)ccc1OCc1c(F)cccc1Cl)C(C#N)=C(N)O2. The van der Waals surface area contributed by atoms with Crippen molar-refractivity contribution in [3.63, 3.8) is 0 Å². The molecular weight excluding hydrogens is 430 g/mol. The quantitative estimate of drug-likeness (QED) is 0.592. The summed E-state index contributed by atoms with van der Waals surface area (Å²) in [6, 6.07) is 11.5. The Morgan fingerprint density at radius 2 is 2.13 bits per heavy atom. The summed E-state index contributed by atoms with van der Waals surface area (Å²) in [5, 5.41) is 17.4. The first-order chi connectivity index (χ1) is 14.4. The van der Waals surface area contributed by atoms with Crippen LogP contribution < -0.4 is 15.2 Å². The number of nitrogens with two attached hydrogens (primary N) is 1. The second kappa shape index (κ2) is 7.90. The van der Waals surface area contributed by atoms with E-state index < -0.39 is 11.7 Å². The Hall–Kier alpha value is -3.21. The third kappa shape index (κ3) is 3.45. The van der Waals surface area contributed by atoms with Crippen LogP contribution in [-0.2, 0) is 6.61 Å². The molecule has 3 aromatic rings. The lowest BCUT2D eigenvalue weighted by Crippen LogP contribution is -2.21. The van der Waals surface area contributed by atoms with Gasteiger partial charge in [0.25, 0.3) is 0 Å². The number of H-pyrrole nitrogens is 1. The van der Waals surface area contributed by atoms with Crippen LogP contribution in [0.5, 0.6) is 11.6 Å². The molecule has 0 amide bonds. The van der Waals surface area contributed by atoms with Gasteiger partial charge in [-0.2, -0.15) is 5.26 Å². The summed E-state index contributed by atoms with van der Waals surface area (Å²) in [4.78, 5) is 0. The first kappa shape index (κ1) is 20.1. The summed E-state index contributed by atoms with van der Waals surface area (Å²) in [5.41, 5.74) is 8.33. The van der Waals surface area contributed by atoms with Gasteiger partial charge in [-0.25, -0.2) is 4.39 Å². The van der Waals surface area contributed by atoms with Crippen molar-refractivity contribution >= 4 is 23.2 Å². The Morgan fingerprint density at radius 1 is 1.33 bits per heavy atom. The molecule has 0 bridgehead atoms. The van der Waals surface area contributed by atoms with Gasteiger partial charge in [0, 0.05) is 27.4 Å². The van der Waals surface area contributed by atoms with Crippen molar-refractivity contribution in [2.24, 2.45) is 5.73 Å². The van der Waals surface area contributed by atoms with Gasteiger partial charge in [0.1, 0.15) is 29.8 Å². The van der Waals surface area contributed by atoms with Crippen LogP contribution in [0, 0.1) is 24.1 Å². The molecule has 2 heterocycles. The van der Waals surface area contributed by atoms with E-state index in [0.717, 1.165) is 0 Å². The predicted molar refractivity (Wildman–Crippen MR) is 110 cm³/mol. The Balaban J connectivity index is 1.81. The maximum atomic E-state index is 14.2. The van der Waals surface area contributed by atoms with Crippen molar-refractivity contribution in [2.45, 2.75) is 19.4 Å². The fourth-order valence-electron chi connectivity index (χ4n) is 3.41. The smallest absolute Gasteiger partial charge is 0.244 e. The fraction of sp³-hybridized carbons (Fsp3) is 0.143. The predicted octanol–water partition coefficient (Wildman–Crippen LogP) is 4.96. The Morgan fingerprint density at radius 3 is 2.87 bits per heavy atom. The van der Waals surface area contributed by atoms with E-state index in [1.807, 2.05) is 6.92 Å². The molecule has 152 valence electrons. The van der Waals surface area contributed by atoms with E-state index in [4.69, 9.17) is 38.4 Å². The minimum Gasteiger partial charge on any atom is -0.488 e. The molecule has 0 aliphatic carbocycles. The molecule has 30 heavy (non-hydrogen) atoms. The summed E-state index contributed by atoms with van der Waals surface area (Å²) in [7, 11) is 0. The molecule has 6 nitrogen and oxygen atoms in total. The number of nitrogens with one attached hydrogen (secondary N) is 1. The molecular formula is C21H15Cl2FN4O2. The normalized spacial score (nSPS) is 15.4. The summed E-state index contributed by atoms with van der Waals surface area (Å²) in [5.74, 6) is -0.472. The lowest BCUT2D eigenvalue weighted by atomic mass is 9.83. The average Bonchev–Trinajstić information content (AvgIpc) is 3.07. The Kier molecular flexibility index (Phi) is 5.29. The van der Waals surface area contributed by atoms with Crippen LogP contribution in [0.4, 0.5) is 4.39 Å². The lowest BCUT2D eigenvalue weighted by molar-refractivity contribution is 0.295. The molecule has 2 aromatic carbocycles. The maximum Gasteiger partial charge on any atom is 0.244 e. The first-order valence-electron chi connectivity index (χ1n) is 8.88. The highest BCUT2D eigenvalue weighted by molar-refractivity contribution is 6.31. The zero-order chi connectivity index (χ0) is 21.4. The van der Waals surface area contributed by atoms with Crippen LogP contribution in [0.1, 0.15) is 28.3 Å². The summed E-state index contributed by atoms with van der Waals surface area (Å²) in [6.45, 7) is 1.70. The molecule has 0 radical (unpaired) electrons. The number of aryl methyl sites for hydroxylation is 1. The third-order valence-corrected chi connectivity index (χ3v) is 5.44. The monoisotopic (exact) mass is 444 g/mol. The molecule has 1 aromatic heterocycles. The standard InChI is InChI=1S/C21H15Cl2FN4O2/c1-10-18-19(13(8-25)20(26)30-21(18)28-27-10)12-7-11(22)5-6-17(12)29-9-14-15(23)3-2-4-16(14)24/h2-7,19H,9,26H2,1H3,(H,27,28)/t19-/m1/s1. The lowest BCUT2D eigenvalue weighted by Gasteiger charge is -2.25. The number of rotatable bonds is 4. The van der Waals surface area contributed by atoms with Gasteiger partial charge in [0.2, 0.25) is 11.8 Å². The van der Waals surface area contributed by atoms with E-state index in [-0.39, 0.29) is 34.5 Å². The van der Waals surface area contributed by atoms with E-state index >= 15 is 0 Å². The maximum absolute atomic E-state index is 14.2. The van der Waals surface area contributed by atoms with E-state index in [1.165, 1.54) is 12.1 Å². The van der Waals surface area contributed by atoms with Crippen molar-refractivity contribution in [3.05, 3.63) is 86.1 Å². The van der Waals surface area contributed by atoms with Gasteiger partial charge in [-0.1, -0.05) is 29.3 Å². The topological polar surface area (TPSA) is 97.0 Å². The minimum atomic E-state index is -0.623. The second-order valence-corrected chi connectivity index (χ2v) is 7.51. The van der Waals surface area contributed by atoms with Crippen molar-refractivity contribution in [1.29, 1.82) is 5.26 Å². The number of fused-ring (bicyclic) bond motifs is 1. The summed E-state index contributed by atoms with van der Waals surface area (Å²) in [6.07, 6.45) is 0. The van der Waals surface area contributed by atoms with Crippen LogP contribution in [-0.4, -0.2) is 10.2 Å². The third-order valence-electron chi connectivity index (χ3n) is 4.85. The zero-order valence-electron chi connectivity index (χ0n) is 15.7. The fourth-order valence-corrected chi connectivity index (χ4v) is 3.80. The van der Waals surface area contributed by atoms with Crippen LogP contribution in [0.2, 0.25) is 10.0 Å². The highest BCUT2D eigenvalue weighted by Gasteiger charge is 2.36. The largest absolute Gasteiger partial charge is 0.488 e. The van der Waals surface area contributed by atoms with Crippen LogP contribution in [0.15, 0.2) is 47.9 Å². The number of aromatic amines is 1. The number of nitriles is 1. The highest BCUT2D eigenvalue weighted by atomic mass is 35.5. The van der Waals surface area contributed by atoms with Gasteiger partial charge < -0.3 is 15.2 Å². The van der Waals surface area contributed by atoms with Gasteiger partial charge in [-0.15, -0.1) is 5.10 Å². The number of hydrogen-bond donors (Lipinski definition) is 2. The van der Waals surface area contributed by atoms with Gasteiger partial charge in [0.15, 0.2) is 0 Å². The molecule has 0 saturated heterocycles. The number of aromatic nitrogens is 2. The Labute approximate surface area is 181 Å². The molecule has 0 saturated carbocycles. The molecule has 3 N–H and O–H groups in total. The van der Waals surface area contributed by atoms with Crippen molar-refractivity contribution < 1.29 is 13.9 Å². The van der Waals surface area contributed by atoms with Crippen LogP contribution in [0.3, 0.4) is 0 Å². The molecule has 0 spiro atoms. The second-order valence-electron chi connectivity index (χ2n) is 6.66. The molecule has 1 aliphatic rings. The van der Waals surface area contributed by atoms with Gasteiger partial charge >= 0.3 is 0 Å². The number of nitrogens with zero attached hydrogens (tertiary/aromatic N) is 2. The molecule has 9 heteroatoms. The van der Waals surface area contributed by atoms with E-state index in [1.54, 1.807) is 24.3 Å². The van der Waals surface area contributed by atoms with Gasteiger partial charge in [-0.05, 0) is 37.3 Å². The van der Waals surface area contributed by atoms with Gasteiger partial charge in [-0.3, -0.25) is 5.10 Å². The van der Waals surface area contributed by atoms with Crippen LogP contribution >= 0.6 is 23.2 Å². The first-order valence-corrected chi connectivity index (χ1v) is 9.64. The number of hydrogen-bond acceptors (Lipinski definition) is 5. The molecule has 0 unspecified atom stereocenters. The van der Waals surface area contributed by atoms with Crippen molar-refractivity contribution in [3.8, 4) is 17.7 Å². The average molecular weight is 445 g/mol. The van der Waals surface area contributed by atoms with Gasteiger partial charge in [0.05, 0.1) is 10.9 Å². The van der Waals surface area contributed by atoms with E-state index in [9.17, 15) is 9.65 Å². The highest BCUT2D eigenvalue weighted by Crippen LogP contribution is 2.46.